The highest BCUT2D eigenvalue weighted by molar-refractivity contribution is 7.33. The lowest BCUT2D eigenvalue weighted by Gasteiger charge is -2.19. The Morgan fingerprint density at radius 2 is 0.759 bits per heavy atom. The highest BCUT2D eigenvalue weighted by atomic mass is 32.1. The Bertz CT molecular complexity index is 3440. The molecule has 2 heteroatoms. The summed E-state index contributed by atoms with van der Waals surface area (Å²) in [6.07, 6.45) is 0. The van der Waals surface area contributed by atoms with E-state index in [0.717, 1.165) is 0 Å². The normalized spacial score (nSPS) is 12.1. The van der Waals surface area contributed by atoms with E-state index in [1.54, 1.807) is 0 Å². The smallest absolute Gasteiger partial charge is 0.0534 e. The minimum Gasteiger partial charge on any atom is -0.134 e. The average Bonchev–Trinajstić information content (AvgIpc) is 3.79. The van der Waals surface area contributed by atoms with E-state index in [2.05, 4.69) is 182 Å². The van der Waals surface area contributed by atoms with Crippen molar-refractivity contribution >= 4 is 106 Å². The molecule has 12 rings (SSSR count). The van der Waals surface area contributed by atoms with Crippen molar-refractivity contribution < 1.29 is 0 Å². The van der Waals surface area contributed by atoms with Gasteiger partial charge in [0.05, 0.1) is 9.40 Å². The van der Waals surface area contributed by atoms with Crippen LogP contribution in [0.2, 0.25) is 0 Å². The van der Waals surface area contributed by atoms with Gasteiger partial charge in [0.2, 0.25) is 0 Å². The molecule has 0 aliphatic rings. The van der Waals surface area contributed by atoms with Crippen LogP contribution in [0.5, 0.6) is 0 Å². The molecule has 12 aromatic rings. The Kier molecular flexibility index (Phi) is 6.48. The molecule has 0 amide bonds. The Labute approximate surface area is 319 Å². The maximum Gasteiger partial charge on any atom is 0.0534 e. The third kappa shape index (κ3) is 4.42. The summed E-state index contributed by atoms with van der Waals surface area (Å²) in [5.41, 5.74) is 7.58. The number of rotatable bonds is 3. The van der Waals surface area contributed by atoms with Crippen LogP contribution in [0, 0.1) is 0 Å². The highest BCUT2D eigenvalue weighted by Gasteiger charge is 2.19. The van der Waals surface area contributed by atoms with E-state index in [4.69, 9.17) is 0 Å². The molecule has 0 nitrogen and oxygen atoms in total. The monoisotopic (exact) mass is 718 g/mol. The molecular formula is C52H30S2. The molecule has 0 fully saturated rings. The van der Waals surface area contributed by atoms with Gasteiger partial charge < -0.3 is 0 Å². The summed E-state index contributed by atoms with van der Waals surface area (Å²) in [4.78, 5) is 0. The first-order valence-electron chi connectivity index (χ1n) is 18.5. The van der Waals surface area contributed by atoms with Crippen molar-refractivity contribution in [1.29, 1.82) is 0 Å². The number of benzene rings is 10. The van der Waals surface area contributed by atoms with Gasteiger partial charge in [-0.15, -0.1) is 22.7 Å². The van der Waals surface area contributed by atoms with Crippen LogP contribution in [0.3, 0.4) is 0 Å². The Morgan fingerprint density at radius 3 is 1.48 bits per heavy atom. The molecular weight excluding hydrogens is 689 g/mol. The summed E-state index contributed by atoms with van der Waals surface area (Å²) in [5, 5.41) is 15.7. The Balaban J connectivity index is 1.03. The molecule has 0 aliphatic heterocycles. The molecule has 0 bridgehead atoms. The summed E-state index contributed by atoms with van der Waals surface area (Å²) in [6, 6.07) is 67.8. The first-order chi connectivity index (χ1) is 26.8. The van der Waals surface area contributed by atoms with Crippen molar-refractivity contribution in [3.8, 4) is 33.4 Å². The minimum atomic E-state index is 1.23. The van der Waals surface area contributed by atoms with Crippen molar-refractivity contribution in [2.45, 2.75) is 0 Å². The first kappa shape index (κ1) is 30.2. The predicted molar refractivity (Wildman–Crippen MR) is 239 cm³/mol. The van der Waals surface area contributed by atoms with E-state index in [9.17, 15) is 0 Å². The maximum atomic E-state index is 2.41. The molecule has 0 aliphatic carbocycles. The molecule has 54 heavy (non-hydrogen) atoms. The van der Waals surface area contributed by atoms with Crippen LogP contribution in [-0.2, 0) is 0 Å². The molecule has 0 saturated heterocycles. The summed E-state index contributed by atoms with van der Waals surface area (Å²) < 4.78 is 5.48. The van der Waals surface area contributed by atoms with Crippen LogP contribution in [-0.4, -0.2) is 0 Å². The fourth-order valence-corrected chi connectivity index (χ4v) is 11.6. The zero-order valence-electron chi connectivity index (χ0n) is 29.1. The van der Waals surface area contributed by atoms with E-state index in [1.165, 1.54) is 117 Å². The van der Waals surface area contributed by atoms with Gasteiger partial charge >= 0.3 is 0 Å². The minimum absolute atomic E-state index is 1.23. The number of hydrogen-bond donors (Lipinski definition) is 0. The fourth-order valence-electron chi connectivity index (χ4n) is 8.96. The molecule has 10 aromatic carbocycles. The van der Waals surface area contributed by atoms with Crippen LogP contribution < -0.4 is 0 Å². The summed E-state index contributed by atoms with van der Waals surface area (Å²) >= 11 is 3.87. The largest absolute Gasteiger partial charge is 0.134 e. The molecule has 0 unspecified atom stereocenters. The van der Waals surface area contributed by atoms with Gasteiger partial charge in [0.1, 0.15) is 0 Å². The average molecular weight is 719 g/mol. The fraction of sp³-hybridized carbons (Fsp3) is 0. The van der Waals surface area contributed by atoms with Gasteiger partial charge in [0, 0.05) is 30.9 Å². The van der Waals surface area contributed by atoms with Gasteiger partial charge in [0.25, 0.3) is 0 Å². The Hall–Kier alpha value is -6.32. The van der Waals surface area contributed by atoms with Crippen LogP contribution >= 0.6 is 22.7 Å². The lowest BCUT2D eigenvalue weighted by Crippen LogP contribution is -1.92. The molecule has 2 aromatic heterocycles. The van der Waals surface area contributed by atoms with Gasteiger partial charge in [-0.05, 0) is 101 Å². The Morgan fingerprint density at radius 1 is 0.259 bits per heavy atom. The molecule has 0 radical (unpaired) electrons. The van der Waals surface area contributed by atoms with Crippen LogP contribution in [0.25, 0.3) is 117 Å². The zero-order chi connectivity index (χ0) is 35.3. The van der Waals surface area contributed by atoms with Crippen molar-refractivity contribution in [1.82, 2.24) is 0 Å². The maximum absolute atomic E-state index is 2.41. The topological polar surface area (TPSA) is 0 Å². The number of thiophene rings is 2. The van der Waals surface area contributed by atoms with Crippen molar-refractivity contribution in [3.05, 3.63) is 182 Å². The van der Waals surface area contributed by atoms with Gasteiger partial charge in [-0.1, -0.05) is 158 Å². The molecule has 0 atom stereocenters. The molecule has 250 valence electrons. The van der Waals surface area contributed by atoms with Crippen LogP contribution in [0.1, 0.15) is 0 Å². The molecule has 0 saturated carbocycles. The van der Waals surface area contributed by atoms with E-state index < -0.39 is 0 Å². The summed E-state index contributed by atoms with van der Waals surface area (Å²) in [7, 11) is 0. The van der Waals surface area contributed by atoms with E-state index in [1.807, 2.05) is 22.7 Å². The van der Waals surface area contributed by atoms with Crippen molar-refractivity contribution in [2.24, 2.45) is 0 Å². The second kappa shape index (κ2) is 11.6. The van der Waals surface area contributed by atoms with Gasteiger partial charge in [0.15, 0.2) is 0 Å². The first-order valence-corrected chi connectivity index (χ1v) is 20.1. The predicted octanol–water partition coefficient (Wildman–Crippen LogP) is 16.0. The van der Waals surface area contributed by atoms with Crippen molar-refractivity contribution in [3.63, 3.8) is 0 Å². The van der Waals surface area contributed by atoms with Gasteiger partial charge in [-0.3, -0.25) is 0 Å². The molecule has 0 N–H and O–H groups in total. The summed E-state index contributed by atoms with van der Waals surface area (Å²) in [6.45, 7) is 0. The SMILES string of the molecule is c1cc(-c2ccc3c(c2)sc2c3ccc3c4cc5ccccc5cc4sc32)cc(-c2c3ccccc3c(-c3cccc4ccccc34)c3ccccc23)c1. The third-order valence-corrected chi connectivity index (χ3v) is 13.9. The van der Waals surface area contributed by atoms with E-state index in [-0.39, 0.29) is 0 Å². The lowest BCUT2D eigenvalue weighted by atomic mass is 9.84. The van der Waals surface area contributed by atoms with Crippen LogP contribution in [0.4, 0.5) is 0 Å². The third-order valence-electron chi connectivity index (χ3n) is 11.4. The van der Waals surface area contributed by atoms with Gasteiger partial charge in [-0.25, -0.2) is 0 Å². The van der Waals surface area contributed by atoms with E-state index in [0.29, 0.717) is 0 Å². The number of fused-ring (bicyclic) bond motifs is 11. The second-order valence-electron chi connectivity index (χ2n) is 14.4. The number of hydrogen-bond acceptors (Lipinski definition) is 2. The zero-order valence-corrected chi connectivity index (χ0v) is 30.8. The quantitative estimate of drug-likeness (QED) is 0.160. The van der Waals surface area contributed by atoms with Crippen molar-refractivity contribution in [2.75, 3.05) is 0 Å². The van der Waals surface area contributed by atoms with E-state index >= 15 is 0 Å². The molecule has 0 spiro atoms. The van der Waals surface area contributed by atoms with Crippen LogP contribution in [0.15, 0.2) is 182 Å². The standard InChI is InChI=1S/C52H30S2/c1-2-13-34-29-48-46(28-33(34)12-1)45-26-25-44-38-24-23-35(30-47(38)53-51(44)52(45)54-48)32-15-9-16-36(27-32)49-40-18-5-7-20-42(40)50(43-21-8-6-19-41(43)49)39-22-10-14-31-11-3-4-17-37(31)39/h1-30H. The summed E-state index contributed by atoms with van der Waals surface area (Å²) in [5.74, 6) is 0. The highest BCUT2D eigenvalue weighted by Crippen LogP contribution is 2.48. The van der Waals surface area contributed by atoms with Gasteiger partial charge in [-0.2, -0.15) is 0 Å². The molecule has 2 heterocycles. The lowest BCUT2D eigenvalue weighted by molar-refractivity contribution is 1.63. The second-order valence-corrected chi connectivity index (χ2v) is 16.5.